The molecule has 0 bridgehead atoms. The fourth-order valence-corrected chi connectivity index (χ4v) is 4.83. The van der Waals surface area contributed by atoms with Gasteiger partial charge in [-0.1, -0.05) is 42.5 Å². The minimum atomic E-state index is -3.19. The molecular weight excluding hydrogens is 519 g/mol. The number of anilines is 3. The number of para-hydroxylation sites is 1. The highest BCUT2D eigenvalue weighted by Crippen LogP contribution is 2.32. The van der Waals surface area contributed by atoms with Crippen LogP contribution in [-0.4, -0.2) is 30.5 Å². The van der Waals surface area contributed by atoms with E-state index in [1.165, 1.54) is 24.6 Å². The lowest BCUT2D eigenvalue weighted by Gasteiger charge is -2.12. The highest BCUT2D eigenvalue weighted by molar-refractivity contribution is 7.89. The average molecular weight is 543 g/mol. The van der Waals surface area contributed by atoms with Crippen molar-refractivity contribution in [2.45, 2.75) is 5.75 Å². The Morgan fingerprint density at radius 3 is 2.46 bits per heavy atom. The highest BCUT2D eigenvalue weighted by atomic mass is 32.2. The van der Waals surface area contributed by atoms with E-state index in [-0.39, 0.29) is 34.6 Å². The lowest BCUT2D eigenvalue weighted by Crippen LogP contribution is -2.12. The van der Waals surface area contributed by atoms with Gasteiger partial charge in [0.05, 0.1) is 5.75 Å². The van der Waals surface area contributed by atoms with Gasteiger partial charge in [0.25, 0.3) is 5.91 Å². The third kappa shape index (κ3) is 6.36. The number of sulfone groups is 1. The highest BCUT2D eigenvalue weighted by Gasteiger charge is 2.16. The molecule has 196 valence electrons. The number of amides is 1. The molecule has 0 fully saturated rings. The van der Waals surface area contributed by atoms with Crippen LogP contribution in [-0.2, 0) is 15.6 Å². The Morgan fingerprint density at radius 1 is 0.897 bits per heavy atom. The average Bonchev–Trinajstić information content (AvgIpc) is 2.90. The number of halogens is 1. The maximum atomic E-state index is 15.5. The van der Waals surface area contributed by atoms with Crippen LogP contribution in [0.3, 0.4) is 0 Å². The first-order valence-corrected chi connectivity index (χ1v) is 13.9. The van der Waals surface area contributed by atoms with Crippen molar-refractivity contribution in [2.75, 3.05) is 16.9 Å². The van der Waals surface area contributed by atoms with E-state index in [0.717, 1.165) is 0 Å². The summed E-state index contributed by atoms with van der Waals surface area (Å²) in [4.78, 5) is 21.3. The summed E-state index contributed by atoms with van der Waals surface area (Å²) in [6, 6.07) is 25.3. The van der Waals surface area contributed by atoms with E-state index in [1.54, 1.807) is 60.7 Å². The van der Waals surface area contributed by atoms with Crippen LogP contribution >= 0.6 is 0 Å². The van der Waals surface area contributed by atoms with Crippen LogP contribution in [0, 0.1) is 5.82 Å². The van der Waals surface area contributed by atoms with Gasteiger partial charge in [-0.3, -0.25) is 4.79 Å². The predicted molar refractivity (Wildman–Crippen MR) is 149 cm³/mol. The van der Waals surface area contributed by atoms with Gasteiger partial charge in [-0.2, -0.15) is 4.98 Å². The minimum Gasteiger partial charge on any atom is -0.436 e. The van der Waals surface area contributed by atoms with Crippen LogP contribution in [0.15, 0.2) is 97.2 Å². The summed E-state index contributed by atoms with van der Waals surface area (Å²) < 4.78 is 44.4. The number of rotatable bonds is 8. The summed E-state index contributed by atoms with van der Waals surface area (Å²) >= 11 is 0. The van der Waals surface area contributed by atoms with Crippen LogP contribution in [0.25, 0.3) is 10.8 Å². The molecule has 4 aromatic carbocycles. The van der Waals surface area contributed by atoms with Gasteiger partial charge in [0.15, 0.2) is 21.4 Å². The minimum absolute atomic E-state index is 0.0667. The molecule has 0 atom stereocenters. The zero-order valence-corrected chi connectivity index (χ0v) is 21.6. The number of benzene rings is 4. The second-order valence-electron chi connectivity index (χ2n) is 8.81. The van der Waals surface area contributed by atoms with E-state index < -0.39 is 15.7 Å². The summed E-state index contributed by atoms with van der Waals surface area (Å²) in [5.41, 5.74) is 2.17. The number of carbonyl (C=O) groups is 1. The molecular formula is C29H23FN4O4S. The Kier molecular flexibility index (Phi) is 7.20. The Bertz CT molecular complexity index is 1780. The van der Waals surface area contributed by atoms with Crippen LogP contribution in [0.1, 0.15) is 15.9 Å². The fraction of sp³-hybridized carbons (Fsp3) is 0.0690. The van der Waals surface area contributed by atoms with Crippen molar-refractivity contribution in [3.05, 3.63) is 114 Å². The maximum absolute atomic E-state index is 15.5. The van der Waals surface area contributed by atoms with Crippen LogP contribution in [0.2, 0.25) is 0 Å². The first-order chi connectivity index (χ1) is 18.7. The van der Waals surface area contributed by atoms with Crippen LogP contribution in [0.5, 0.6) is 11.6 Å². The monoisotopic (exact) mass is 542 g/mol. The molecule has 5 rings (SSSR count). The molecule has 0 spiro atoms. The zero-order valence-electron chi connectivity index (χ0n) is 20.8. The maximum Gasteiger partial charge on any atom is 0.256 e. The van der Waals surface area contributed by atoms with Gasteiger partial charge in [-0.15, -0.1) is 0 Å². The van der Waals surface area contributed by atoms with Crippen molar-refractivity contribution in [1.29, 1.82) is 0 Å². The molecule has 0 aliphatic carbocycles. The van der Waals surface area contributed by atoms with Gasteiger partial charge in [-0.05, 0) is 53.4 Å². The van der Waals surface area contributed by atoms with Gasteiger partial charge in [-0.25, -0.2) is 17.8 Å². The van der Waals surface area contributed by atoms with E-state index in [1.807, 2.05) is 18.2 Å². The molecule has 1 amide bonds. The van der Waals surface area contributed by atoms with Gasteiger partial charge < -0.3 is 15.4 Å². The SMILES string of the molecule is CS(=O)(=O)Cc1cccc(Nc2nccc(Oc3ccc4c(C(=O)Nc5ccccc5)cccc4c3F)n2)c1. The van der Waals surface area contributed by atoms with E-state index in [2.05, 4.69) is 20.6 Å². The number of nitrogens with one attached hydrogen (secondary N) is 2. The molecule has 0 aliphatic rings. The number of aromatic nitrogens is 2. The normalized spacial score (nSPS) is 11.2. The molecule has 0 saturated heterocycles. The molecule has 0 aliphatic heterocycles. The van der Waals surface area contributed by atoms with Crippen molar-refractivity contribution < 1.29 is 22.3 Å². The molecule has 0 saturated carbocycles. The van der Waals surface area contributed by atoms with Gasteiger partial charge >= 0.3 is 0 Å². The smallest absolute Gasteiger partial charge is 0.256 e. The second kappa shape index (κ2) is 10.9. The fourth-order valence-electron chi connectivity index (χ4n) is 4.04. The molecule has 0 unspecified atom stereocenters. The topological polar surface area (TPSA) is 110 Å². The summed E-state index contributed by atoms with van der Waals surface area (Å²) in [6.07, 6.45) is 2.62. The van der Waals surface area contributed by atoms with E-state index in [9.17, 15) is 13.2 Å². The predicted octanol–water partition coefficient (Wildman–Crippen LogP) is 6.10. The van der Waals surface area contributed by atoms with Crippen molar-refractivity contribution in [2.24, 2.45) is 0 Å². The number of ether oxygens (including phenoxy) is 1. The van der Waals surface area contributed by atoms with Crippen molar-refractivity contribution in [3.8, 4) is 11.6 Å². The summed E-state index contributed by atoms with van der Waals surface area (Å²) in [5.74, 6) is -0.872. The Morgan fingerprint density at radius 2 is 1.67 bits per heavy atom. The summed E-state index contributed by atoms with van der Waals surface area (Å²) in [5, 5.41) is 6.49. The number of carbonyl (C=O) groups excluding carboxylic acids is 1. The first-order valence-electron chi connectivity index (χ1n) is 11.9. The molecule has 2 N–H and O–H groups in total. The quantitative estimate of drug-likeness (QED) is 0.244. The molecule has 39 heavy (non-hydrogen) atoms. The molecule has 1 aromatic heterocycles. The van der Waals surface area contributed by atoms with E-state index >= 15 is 4.39 Å². The van der Waals surface area contributed by atoms with Crippen LogP contribution in [0.4, 0.5) is 21.7 Å². The van der Waals surface area contributed by atoms with Gasteiger partial charge in [0.2, 0.25) is 11.8 Å². The first kappa shape index (κ1) is 25.8. The number of nitrogens with zero attached hydrogens (tertiary/aromatic N) is 2. The Hall–Kier alpha value is -4.83. The molecule has 5 aromatic rings. The van der Waals surface area contributed by atoms with Crippen molar-refractivity contribution in [3.63, 3.8) is 0 Å². The molecule has 0 radical (unpaired) electrons. The number of fused-ring (bicyclic) bond motifs is 1. The summed E-state index contributed by atoms with van der Waals surface area (Å²) in [6.45, 7) is 0. The largest absolute Gasteiger partial charge is 0.436 e. The third-order valence-electron chi connectivity index (χ3n) is 5.69. The zero-order chi connectivity index (χ0) is 27.4. The van der Waals surface area contributed by atoms with Gasteiger partial charge in [0, 0.05) is 40.8 Å². The standard InChI is InChI=1S/C29H23FN4O4S/c1-39(36,37)18-19-7-5-10-21(17-19)33-29-31-16-15-26(34-29)38-25-14-13-22-23(27(25)30)11-6-12-24(22)28(35)32-20-8-3-2-4-9-20/h2-17H,18H2,1H3,(H,32,35)(H,31,33,34). The van der Waals surface area contributed by atoms with Gasteiger partial charge in [0.1, 0.15) is 0 Å². The van der Waals surface area contributed by atoms with Crippen molar-refractivity contribution >= 4 is 43.8 Å². The molecule has 10 heteroatoms. The Labute approximate surface area is 224 Å². The van der Waals surface area contributed by atoms with Crippen molar-refractivity contribution in [1.82, 2.24) is 9.97 Å². The lowest BCUT2D eigenvalue weighted by atomic mass is 10.0. The number of hydrogen-bond acceptors (Lipinski definition) is 7. The Balaban J connectivity index is 1.36. The van der Waals surface area contributed by atoms with Crippen LogP contribution < -0.4 is 15.4 Å². The van der Waals surface area contributed by atoms with E-state index in [0.29, 0.717) is 27.9 Å². The summed E-state index contributed by atoms with van der Waals surface area (Å²) in [7, 11) is -3.19. The lowest BCUT2D eigenvalue weighted by molar-refractivity contribution is 0.102. The van der Waals surface area contributed by atoms with E-state index in [4.69, 9.17) is 4.74 Å². The third-order valence-corrected chi connectivity index (χ3v) is 6.55. The molecule has 8 nitrogen and oxygen atoms in total. The second-order valence-corrected chi connectivity index (χ2v) is 11.0. The molecule has 1 heterocycles. The number of hydrogen-bond donors (Lipinski definition) is 2.